The molecule has 1 aliphatic carbocycles. The third-order valence-electron chi connectivity index (χ3n) is 5.25. The summed E-state index contributed by atoms with van der Waals surface area (Å²) in [6.45, 7) is 9.15. The summed E-state index contributed by atoms with van der Waals surface area (Å²) >= 11 is 2.73. The Hall–Kier alpha value is -2.39. The molecule has 0 aromatic carbocycles. The number of halogens is 2. The number of nitrogens with one attached hydrogen (secondary N) is 1. The molecule has 3 atom stereocenters. The van der Waals surface area contributed by atoms with E-state index in [1.807, 2.05) is 6.92 Å². The highest BCUT2D eigenvalue weighted by molar-refractivity contribution is 8.04. The molecule has 184 valence electrons. The summed E-state index contributed by atoms with van der Waals surface area (Å²) < 4.78 is 27.2. The average Bonchev–Trinajstić information content (AvgIpc) is 3.11. The van der Waals surface area contributed by atoms with Crippen molar-refractivity contribution in [1.29, 1.82) is 0 Å². The predicted octanol–water partition coefficient (Wildman–Crippen LogP) is 6.55. The van der Waals surface area contributed by atoms with E-state index in [1.165, 1.54) is 41.8 Å². The first-order valence-electron chi connectivity index (χ1n) is 10.9. The predicted molar refractivity (Wildman–Crippen MR) is 138 cm³/mol. The first-order valence-corrected chi connectivity index (χ1v) is 12.8. The third kappa shape index (κ3) is 8.76. The highest BCUT2D eigenvalue weighted by Gasteiger charge is 2.33. The van der Waals surface area contributed by atoms with Crippen LogP contribution in [0.15, 0.2) is 81.6 Å². The van der Waals surface area contributed by atoms with Gasteiger partial charge in [0.05, 0.1) is 0 Å². The lowest BCUT2D eigenvalue weighted by Crippen LogP contribution is -2.33. The monoisotopic (exact) mass is 509 g/mol. The van der Waals surface area contributed by atoms with Gasteiger partial charge in [-0.05, 0) is 42.1 Å². The van der Waals surface area contributed by atoms with Crippen LogP contribution >= 0.6 is 23.5 Å². The molecule has 2 N–H and O–H groups in total. The van der Waals surface area contributed by atoms with Crippen molar-refractivity contribution >= 4 is 29.5 Å². The Balaban J connectivity index is 1.99. The Morgan fingerprint density at radius 1 is 1.41 bits per heavy atom. The molecule has 0 amide bonds. The maximum absolute atomic E-state index is 13.8. The Labute approximate surface area is 208 Å². The van der Waals surface area contributed by atoms with Crippen molar-refractivity contribution in [2.24, 2.45) is 5.92 Å². The van der Waals surface area contributed by atoms with E-state index < -0.39 is 18.0 Å². The van der Waals surface area contributed by atoms with Crippen LogP contribution in [-0.4, -0.2) is 39.8 Å². The van der Waals surface area contributed by atoms with Gasteiger partial charge in [-0.15, -0.1) is 0 Å². The number of nitrogens with zero attached hydrogens (tertiary/aromatic N) is 1. The second-order valence-electron chi connectivity index (χ2n) is 8.04. The van der Waals surface area contributed by atoms with Crippen LogP contribution in [0.25, 0.3) is 0 Å². The fourth-order valence-electron chi connectivity index (χ4n) is 3.17. The highest BCUT2D eigenvalue weighted by Crippen LogP contribution is 2.38. The molecular formula is C25H31F2N2O3S2+. The molecule has 0 aromatic heterocycles. The summed E-state index contributed by atoms with van der Waals surface area (Å²) in [7, 11) is 0. The number of carboxylic acid groups (broad SMARTS) is 1. The van der Waals surface area contributed by atoms with Gasteiger partial charge in [0.1, 0.15) is 17.9 Å². The quantitative estimate of drug-likeness (QED) is 0.177. The summed E-state index contributed by atoms with van der Waals surface area (Å²) in [5, 5.41) is 13.5. The van der Waals surface area contributed by atoms with E-state index in [-0.39, 0.29) is 36.5 Å². The van der Waals surface area contributed by atoms with Crippen molar-refractivity contribution < 1.29 is 23.4 Å². The van der Waals surface area contributed by atoms with Gasteiger partial charge >= 0.3 is 5.97 Å². The number of carbonyl (C=O) groups is 1. The Morgan fingerprint density at radius 2 is 2.15 bits per heavy atom. The SMILES string of the molecule is C=C(C=CC(C)=CCF)C(=CSC(C)[N+](=O)CC1NC2=C(C=C(F)C=CC2C)S1)CCC(=O)O. The van der Waals surface area contributed by atoms with Crippen LogP contribution in [0.5, 0.6) is 0 Å². The molecule has 1 aliphatic heterocycles. The van der Waals surface area contributed by atoms with Gasteiger partial charge in [-0.3, -0.25) is 4.79 Å². The number of thioether (sulfide) groups is 2. The molecule has 1 heterocycles. The number of hydrogen-bond donors (Lipinski definition) is 2. The molecule has 0 bridgehead atoms. The van der Waals surface area contributed by atoms with Crippen LogP contribution in [0.1, 0.15) is 33.6 Å². The van der Waals surface area contributed by atoms with Gasteiger partial charge in [-0.25, -0.2) is 8.78 Å². The van der Waals surface area contributed by atoms with Crippen LogP contribution in [0.4, 0.5) is 8.78 Å². The van der Waals surface area contributed by atoms with E-state index in [4.69, 9.17) is 5.11 Å². The number of allylic oxidation sites excluding steroid dienone is 10. The topological polar surface area (TPSA) is 69.4 Å². The lowest BCUT2D eigenvalue weighted by molar-refractivity contribution is -0.558. The van der Waals surface area contributed by atoms with Crippen molar-refractivity contribution in [2.45, 2.75) is 44.4 Å². The fraction of sp³-hybridized carbons (Fsp3) is 0.400. The van der Waals surface area contributed by atoms with E-state index in [0.717, 1.165) is 20.9 Å². The first kappa shape index (κ1) is 27.9. The molecule has 34 heavy (non-hydrogen) atoms. The summed E-state index contributed by atoms with van der Waals surface area (Å²) in [6, 6.07) is 0. The largest absolute Gasteiger partial charge is 0.481 e. The van der Waals surface area contributed by atoms with Crippen LogP contribution in [0.2, 0.25) is 0 Å². The fourth-order valence-corrected chi connectivity index (χ4v) is 5.29. The van der Waals surface area contributed by atoms with Crippen LogP contribution < -0.4 is 5.32 Å². The second-order valence-corrected chi connectivity index (χ2v) is 10.5. The normalized spacial score (nSPS) is 21.7. The van der Waals surface area contributed by atoms with Crippen molar-refractivity contribution in [3.05, 3.63) is 86.5 Å². The zero-order chi connectivity index (χ0) is 25.3. The van der Waals surface area contributed by atoms with Crippen molar-refractivity contribution in [1.82, 2.24) is 5.32 Å². The van der Waals surface area contributed by atoms with E-state index in [1.54, 1.807) is 37.5 Å². The van der Waals surface area contributed by atoms with Gasteiger partial charge < -0.3 is 10.4 Å². The standard InChI is InChI=1S/C25H30F2N2O3S2/c1-16(11-12-26)5-6-17(2)20(8-10-24(30)31)15-33-19(4)29(32)14-23-28-25-18(3)7-9-21(27)13-22(25)34-23/h5-7,9,11,13,15,18-19,23,28H,2,8,10,12,14H2,1,3-4H3/p+1. The average molecular weight is 510 g/mol. The Kier molecular flexibility index (Phi) is 11.0. The van der Waals surface area contributed by atoms with Crippen molar-refractivity contribution in [2.75, 3.05) is 13.2 Å². The third-order valence-corrected chi connectivity index (χ3v) is 7.44. The molecule has 9 heteroatoms. The molecule has 5 nitrogen and oxygen atoms in total. The summed E-state index contributed by atoms with van der Waals surface area (Å²) in [5.41, 5.74) is 2.98. The molecule has 0 fully saturated rings. The van der Waals surface area contributed by atoms with Crippen molar-refractivity contribution in [3.63, 3.8) is 0 Å². The van der Waals surface area contributed by atoms with Gasteiger partial charge in [0, 0.05) is 39.5 Å². The van der Waals surface area contributed by atoms with Crippen LogP contribution in [0, 0.1) is 10.8 Å². The van der Waals surface area contributed by atoms with Gasteiger partial charge in [0.15, 0.2) is 0 Å². The van der Waals surface area contributed by atoms with E-state index >= 15 is 0 Å². The summed E-state index contributed by atoms with van der Waals surface area (Å²) in [6.07, 6.45) is 9.80. The number of hydrogen-bond acceptors (Lipinski definition) is 5. The second kappa shape index (κ2) is 13.5. The molecular weight excluding hydrogens is 478 g/mol. The Bertz CT molecular complexity index is 996. The molecule has 2 aliphatic rings. The summed E-state index contributed by atoms with van der Waals surface area (Å²) in [5.74, 6) is -1.20. The van der Waals surface area contributed by atoms with Crippen molar-refractivity contribution in [3.8, 4) is 0 Å². The minimum Gasteiger partial charge on any atom is -0.481 e. The molecule has 0 spiro atoms. The molecule has 0 saturated heterocycles. The van der Waals surface area contributed by atoms with E-state index in [9.17, 15) is 18.5 Å². The lowest BCUT2D eigenvalue weighted by Gasteiger charge is -2.13. The molecule has 0 aromatic rings. The molecule has 3 unspecified atom stereocenters. The zero-order valence-corrected chi connectivity index (χ0v) is 21.2. The highest BCUT2D eigenvalue weighted by atomic mass is 32.2. The van der Waals surface area contributed by atoms with Crippen LogP contribution in [0.3, 0.4) is 0 Å². The molecule has 0 saturated carbocycles. The Morgan fingerprint density at radius 3 is 2.82 bits per heavy atom. The number of rotatable bonds is 12. The van der Waals surface area contributed by atoms with E-state index in [0.29, 0.717) is 11.1 Å². The summed E-state index contributed by atoms with van der Waals surface area (Å²) in [4.78, 5) is 24.6. The zero-order valence-electron chi connectivity index (χ0n) is 19.6. The van der Waals surface area contributed by atoms with Gasteiger partial charge in [0.25, 0.3) is 0 Å². The van der Waals surface area contributed by atoms with Crippen LogP contribution in [-0.2, 0) is 4.79 Å². The molecule has 2 rings (SSSR count). The minimum atomic E-state index is -0.925. The lowest BCUT2D eigenvalue weighted by atomic mass is 10.0. The van der Waals surface area contributed by atoms with Gasteiger partial charge in [0.2, 0.25) is 11.9 Å². The van der Waals surface area contributed by atoms with E-state index in [2.05, 4.69) is 11.9 Å². The van der Waals surface area contributed by atoms with Gasteiger partial charge in [-0.1, -0.05) is 66.9 Å². The smallest absolute Gasteiger partial charge is 0.303 e. The maximum atomic E-state index is 13.8. The number of aliphatic carboxylic acids is 1. The number of nitroso groups, excluding NO2 is 1. The number of carboxylic acids is 1. The minimum absolute atomic E-state index is 0.0334. The maximum Gasteiger partial charge on any atom is 0.303 e. The first-order chi connectivity index (χ1) is 16.1. The molecule has 0 radical (unpaired) electrons. The van der Waals surface area contributed by atoms with Gasteiger partial charge in [-0.2, -0.15) is 0 Å². The number of alkyl halides is 1.